The third kappa shape index (κ3) is 5.32. The van der Waals surface area contributed by atoms with Crippen LogP contribution in [0.4, 0.5) is 0 Å². The maximum absolute atomic E-state index is 6.11. The minimum Gasteiger partial charge on any atom is -0.489 e. The minimum atomic E-state index is 0.598. The number of hydrogen-bond acceptors (Lipinski definition) is 3. The van der Waals surface area contributed by atoms with Gasteiger partial charge in [0.25, 0.3) is 0 Å². The molecule has 1 heterocycles. The van der Waals surface area contributed by atoms with E-state index in [4.69, 9.17) is 4.74 Å². The van der Waals surface area contributed by atoms with E-state index in [1.54, 1.807) is 0 Å². The number of likely N-dealkylation sites (N-methyl/N-ethyl adjacent to an activating group) is 1. The van der Waals surface area contributed by atoms with Crippen LogP contribution in [0.1, 0.15) is 36.5 Å². The molecule has 0 bridgehead atoms. The summed E-state index contributed by atoms with van der Waals surface area (Å²) in [6.07, 6.45) is 2.62. The fourth-order valence-corrected chi connectivity index (χ4v) is 4.00. The van der Waals surface area contributed by atoms with Crippen LogP contribution in [-0.4, -0.2) is 30.6 Å². The average molecular weight is 417 g/mol. The second kappa shape index (κ2) is 9.54. The summed E-state index contributed by atoms with van der Waals surface area (Å²) in [4.78, 5) is 2.57. The number of halogens is 1. The van der Waals surface area contributed by atoms with Gasteiger partial charge in [-0.25, -0.2) is 0 Å². The van der Waals surface area contributed by atoms with Crippen molar-refractivity contribution in [1.82, 2.24) is 10.2 Å². The average Bonchev–Trinajstić information content (AvgIpc) is 3.10. The molecule has 1 fully saturated rings. The van der Waals surface area contributed by atoms with Crippen molar-refractivity contribution in [3.05, 3.63) is 63.6 Å². The van der Waals surface area contributed by atoms with E-state index < -0.39 is 0 Å². The first-order valence-electron chi connectivity index (χ1n) is 9.57. The summed E-state index contributed by atoms with van der Waals surface area (Å²) < 4.78 is 7.20. The van der Waals surface area contributed by atoms with Gasteiger partial charge >= 0.3 is 0 Å². The van der Waals surface area contributed by atoms with Gasteiger partial charge in [-0.15, -0.1) is 0 Å². The highest BCUT2D eigenvalue weighted by molar-refractivity contribution is 9.10. The SMILES string of the molecule is CCN1CCCC1CNCc1cc(Br)ccc1OCc1ccc(C)cc1. The number of hydrogen-bond donors (Lipinski definition) is 1. The maximum atomic E-state index is 6.11. The zero-order valence-electron chi connectivity index (χ0n) is 15.8. The zero-order valence-corrected chi connectivity index (χ0v) is 17.4. The third-order valence-corrected chi connectivity index (χ3v) is 5.63. The molecule has 2 aromatic carbocycles. The van der Waals surface area contributed by atoms with Crippen molar-refractivity contribution in [3.8, 4) is 5.75 Å². The molecule has 0 aromatic heterocycles. The monoisotopic (exact) mass is 416 g/mol. The molecule has 1 atom stereocenters. The maximum Gasteiger partial charge on any atom is 0.124 e. The first kappa shape index (κ1) is 19.4. The summed E-state index contributed by atoms with van der Waals surface area (Å²) in [5.41, 5.74) is 3.67. The van der Waals surface area contributed by atoms with E-state index >= 15 is 0 Å². The van der Waals surface area contributed by atoms with Gasteiger partial charge in [0, 0.05) is 29.2 Å². The highest BCUT2D eigenvalue weighted by Crippen LogP contribution is 2.24. The lowest BCUT2D eigenvalue weighted by molar-refractivity contribution is 0.259. The largest absolute Gasteiger partial charge is 0.489 e. The summed E-state index contributed by atoms with van der Waals surface area (Å²) in [5.74, 6) is 0.958. The molecule has 1 saturated heterocycles. The summed E-state index contributed by atoms with van der Waals surface area (Å²) in [5, 5.41) is 3.64. The summed E-state index contributed by atoms with van der Waals surface area (Å²) in [6.45, 7) is 9.21. The van der Waals surface area contributed by atoms with Gasteiger partial charge in [0.2, 0.25) is 0 Å². The lowest BCUT2D eigenvalue weighted by atomic mass is 10.1. The first-order valence-corrected chi connectivity index (χ1v) is 10.4. The van der Waals surface area contributed by atoms with E-state index in [0.29, 0.717) is 12.6 Å². The molecule has 1 aliphatic rings. The van der Waals surface area contributed by atoms with Crippen LogP contribution in [0.2, 0.25) is 0 Å². The predicted molar refractivity (Wildman–Crippen MR) is 112 cm³/mol. The lowest BCUT2D eigenvalue weighted by Crippen LogP contribution is -2.37. The van der Waals surface area contributed by atoms with Crippen molar-refractivity contribution in [2.45, 2.75) is 45.9 Å². The van der Waals surface area contributed by atoms with Gasteiger partial charge in [-0.05, 0) is 56.6 Å². The molecule has 0 saturated carbocycles. The van der Waals surface area contributed by atoms with Crippen molar-refractivity contribution in [2.75, 3.05) is 19.6 Å². The van der Waals surface area contributed by atoms with Gasteiger partial charge in [-0.2, -0.15) is 0 Å². The van der Waals surface area contributed by atoms with Crippen molar-refractivity contribution >= 4 is 15.9 Å². The Hall–Kier alpha value is -1.36. The molecular weight excluding hydrogens is 388 g/mol. The Morgan fingerprint density at radius 1 is 1.19 bits per heavy atom. The standard InChI is InChI=1S/C22H29BrN2O/c1-3-25-12-4-5-21(25)15-24-14-19-13-20(23)10-11-22(19)26-16-18-8-6-17(2)7-9-18/h6-11,13,21,24H,3-5,12,14-16H2,1-2H3. The van der Waals surface area contributed by atoms with E-state index in [-0.39, 0.29) is 0 Å². The zero-order chi connectivity index (χ0) is 18.4. The number of aryl methyl sites for hydroxylation is 1. The van der Waals surface area contributed by atoms with Crippen LogP contribution in [-0.2, 0) is 13.2 Å². The van der Waals surface area contributed by atoms with E-state index in [9.17, 15) is 0 Å². The van der Waals surface area contributed by atoms with Gasteiger partial charge in [0.1, 0.15) is 12.4 Å². The van der Waals surface area contributed by atoms with Crippen LogP contribution in [0.3, 0.4) is 0 Å². The Morgan fingerprint density at radius 3 is 2.77 bits per heavy atom. The van der Waals surface area contributed by atoms with Gasteiger partial charge < -0.3 is 10.1 Å². The highest BCUT2D eigenvalue weighted by Gasteiger charge is 2.22. The third-order valence-electron chi connectivity index (χ3n) is 5.14. The normalized spacial score (nSPS) is 17.6. The number of nitrogens with one attached hydrogen (secondary N) is 1. The molecular formula is C22H29BrN2O. The fourth-order valence-electron chi connectivity index (χ4n) is 3.59. The van der Waals surface area contributed by atoms with Crippen molar-refractivity contribution < 1.29 is 4.74 Å². The second-order valence-electron chi connectivity index (χ2n) is 7.08. The highest BCUT2D eigenvalue weighted by atomic mass is 79.9. The Kier molecular flexibility index (Phi) is 7.12. The van der Waals surface area contributed by atoms with Gasteiger partial charge in [0.05, 0.1) is 0 Å². The van der Waals surface area contributed by atoms with Crippen molar-refractivity contribution in [2.24, 2.45) is 0 Å². The summed E-state index contributed by atoms with van der Waals surface area (Å²) >= 11 is 3.59. The molecule has 1 aliphatic heterocycles. The molecule has 0 radical (unpaired) electrons. The van der Waals surface area contributed by atoms with E-state index in [1.165, 1.54) is 36.1 Å². The molecule has 1 unspecified atom stereocenters. The Labute approximate surface area is 165 Å². The number of likely N-dealkylation sites (tertiary alicyclic amines) is 1. The quantitative estimate of drug-likeness (QED) is 0.661. The number of nitrogens with zero attached hydrogens (tertiary/aromatic N) is 1. The van der Waals surface area contributed by atoms with Crippen LogP contribution in [0.5, 0.6) is 5.75 Å². The fraction of sp³-hybridized carbons (Fsp3) is 0.455. The molecule has 26 heavy (non-hydrogen) atoms. The van der Waals surface area contributed by atoms with E-state index in [2.05, 4.69) is 76.4 Å². The summed E-state index contributed by atoms with van der Waals surface area (Å²) in [7, 11) is 0. The van der Waals surface area contributed by atoms with Crippen LogP contribution in [0.25, 0.3) is 0 Å². The molecule has 1 N–H and O–H groups in total. The van der Waals surface area contributed by atoms with Crippen molar-refractivity contribution in [1.29, 1.82) is 0 Å². The van der Waals surface area contributed by atoms with Crippen LogP contribution >= 0.6 is 15.9 Å². The molecule has 4 heteroatoms. The Balaban J connectivity index is 1.57. The minimum absolute atomic E-state index is 0.598. The summed E-state index contributed by atoms with van der Waals surface area (Å²) in [6, 6.07) is 15.4. The van der Waals surface area contributed by atoms with Crippen LogP contribution in [0, 0.1) is 6.92 Å². The van der Waals surface area contributed by atoms with Gasteiger partial charge in [-0.3, -0.25) is 4.90 Å². The predicted octanol–water partition coefficient (Wildman–Crippen LogP) is 4.91. The molecule has 0 amide bonds. The van der Waals surface area contributed by atoms with E-state index in [1.807, 2.05) is 6.07 Å². The molecule has 2 aromatic rings. The number of benzene rings is 2. The Bertz CT molecular complexity index is 702. The van der Waals surface area contributed by atoms with Crippen LogP contribution < -0.4 is 10.1 Å². The molecule has 3 rings (SSSR count). The second-order valence-corrected chi connectivity index (χ2v) is 8.00. The smallest absolute Gasteiger partial charge is 0.124 e. The molecule has 0 spiro atoms. The molecule has 0 aliphatic carbocycles. The molecule has 140 valence electrons. The lowest BCUT2D eigenvalue weighted by Gasteiger charge is -2.23. The first-order chi connectivity index (χ1) is 12.7. The van der Waals surface area contributed by atoms with Crippen LogP contribution in [0.15, 0.2) is 46.9 Å². The molecule has 3 nitrogen and oxygen atoms in total. The van der Waals surface area contributed by atoms with Gasteiger partial charge in [-0.1, -0.05) is 52.7 Å². The number of ether oxygens (including phenoxy) is 1. The topological polar surface area (TPSA) is 24.5 Å². The van der Waals surface area contributed by atoms with Crippen molar-refractivity contribution in [3.63, 3.8) is 0 Å². The number of rotatable bonds is 8. The van der Waals surface area contributed by atoms with Gasteiger partial charge in [0.15, 0.2) is 0 Å². The van der Waals surface area contributed by atoms with E-state index in [0.717, 1.165) is 29.9 Å². The Morgan fingerprint density at radius 2 is 2.00 bits per heavy atom.